The predicted molar refractivity (Wildman–Crippen MR) is 86.1 cm³/mol. The van der Waals surface area contributed by atoms with Crippen LogP contribution < -0.4 is 16.0 Å². The fourth-order valence-corrected chi connectivity index (χ4v) is 2.19. The molecule has 0 aliphatic rings. The number of hydrogen-bond donors (Lipinski definition) is 3. The number of carbonyl (C=O) groups excluding carboxylic acids is 1. The third-order valence-corrected chi connectivity index (χ3v) is 3.32. The first-order valence-corrected chi connectivity index (χ1v) is 7.25. The van der Waals surface area contributed by atoms with E-state index in [4.69, 9.17) is 23.2 Å². The summed E-state index contributed by atoms with van der Waals surface area (Å²) < 4.78 is 25.8. The highest BCUT2D eigenvalue weighted by Crippen LogP contribution is 2.28. The minimum absolute atomic E-state index is 0.148. The molecule has 9 heteroatoms. The molecule has 23 heavy (non-hydrogen) atoms. The number of carbonyl (C=O) groups is 1. The number of nitrogens with one attached hydrogen (secondary N) is 3. The van der Waals surface area contributed by atoms with Crippen molar-refractivity contribution in [3.05, 3.63) is 52.3 Å². The summed E-state index contributed by atoms with van der Waals surface area (Å²) in [5, 5.41) is 8.62. The molecule has 5 nitrogen and oxygen atoms in total. The Morgan fingerprint density at radius 2 is 1.78 bits per heavy atom. The molecule has 0 saturated carbocycles. The Balaban J connectivity index is 1.78. The van der Waals surface area contributed by atoms with Gasteiger partial charge in [0.05, 0.1) is 15.7 Å². The number of rotatable bonds is 5. The van der Waals surface area contributed by atoms with E-state index in [1.54, 1.807) is 0 Å². The fourth-order valence-electron chi connectivity index (χ4n) is 1.69. The first kappa shape index (κ1) is 17.2. The number of halogens is 4. The van der Waals surface area contributed by atoms with Crippen LogP contribution in [0.5, 0.6) is 0 Å². The van der Waals surface area contributed by atoms with Crippen molar-refractivity contribution in [1.82, 2.24) is 10.3 Å². The second-order valence-corrected chi connectivity index (χ2v) is 5.23. The molecular formula is C14H12Cl2F2N4O. The van der Waals surface area contributed by atoms with Crippen LogP contribution >= 0.6 is 23.2 Å². The molecular weight excluding hydrogens is 349 g/mol. The lowest BCUT2D eigenvalue weighted by Crippen LogP contribution is -2.32. The summed E-state index contributed by atoms with van der Waals surface area (Å²) >= 11 is 11.9. The molecule has 0 saturated heterocycles. The van der Waals surface area contributed by atoms with E-state index in [1.165, 1.54) is 18.5 Å². The lowest BCUT2D eigenvalue weighted by Gasteiger charge is -2.11. The van der Waals surface area contributed by atoms with Gasteiger partial charge in [-0.1, -0.05) is 23.2 Å². The van der Waals surface area contributed by atoms with Crippen molar-refractivity contribution in [1.29, 1.82) is 0 Å². The van der Waals surface area contributed by atoms with Gasteiger partial charge in [-0.2, -0.15) is 0 Å². The third-order valence-electron chi connectivity index (χ3n) is 2.74. The first-order valence-electron chi connectivity index (χ1n) is 6.50. The van der Waals surface area contributed by atoms with Crippen LogP contribution in [0.15, 0.2) is 30.6 Å². The molecule has 0 unspecified atom stereocenters. The zero-order chi connectivity index (χ0) is 16.8. The van der Waals surface area contributed by atoms with Gasteiger partial charge in [-0.15, -0.1) is 0 Å². The number of aromatic nitrogens is 1. The second-order valence-electron chi connectivity index (χ2n) is 4.41. The number of nitrogens with zero attached hydrogens (tertiary/aromatic N) is 1. The van der Waals surface area contributed by atoms with Gasteiger partial charge in [-0.3, -0.25) is 4.98 Å². The average Bonchev–Trinajstić information content (AvgIpc) is 2.50. The van der Waals surface area contributed by atoms with Gasteiger partial charge in [0, 0.05) is 37.2 Å². The molecule has 0 radical (unpaired) electrons. The minimum atomic E-state index is -1.04. The first-order chi connectivity index (χ1) is 11.0. The van der Waals surface area contributed by atoms with Gasteiger partial charge in [0.1, 0.15) is 0 Å². The number of hydrogen-bond acceptors (Lipinski definition) is 3. The van der Waals surface area contributed by atoms with Gasteiger partial charge in [-0.25, -0.2) is 13.6 Å². The van der Waals surface area contributed by atoms with Crippen LogP contribution in [0, 0.1) is 11.6 Å². The maximum Gasteiger partial charge on any atom is 0.319 e. The van der Waals surface area contributed by atoms with Crippen molar-refractivity contribution in [2.45, 2.75) is 0 Å². The number of anilines is 2. The Morgan fingerprint density at radius 1 is 1.09 bits per heavy atom. The topological polar surface area (TPSA) is 66.0 Å². The summed E-state index contributed by atoms with van der Waals surface area (Å²) in [7, 11) is 0. The quantitative estimate of drug-likeness (QED) is 0.708. The molecule has 2 aromatic rings. The van der Waals surface area contributed by atoms with Crippen LogP contribution in [0.4, 0.5) is 25.0 Å². The molecule has 1 aromatic heterocycles. The summed E-state index contributed by atoms with van der Waals surface area (Å²) in [4.78, 5) is 15.4. The SMILES string of the molecule is O=C(NCCNc1c(Cl)cncc1Cl)Nc1ccc(F)c(F)c1. The van der Waals surface area contributed by atoms with Crippen molar-refractivity contribution in [3.8, 4) is 0 Å². The van der Waals surface area contributed by atoms with Crippen LogP contribution in [0.3, 0.4) is 0 Å². The maximum atomic E-state index is 13.0. The van der Waals surface area contributed by atoms with Gasteiger partial charge in [0.2, 0.25) is 0 Å². The summed E-state index contributed by atoms with van der Waals surface area (Å²) in [6.45, 7) is 0.610. The highest BCUT2D eigenvalue weighted by Gasteiger charge is 2.07. The van der Waals surface area contributed by atoms with Gasteiger partial charge < -0.3 is 16.0 Å². The van der Waals surface area contributed by atoms with Gasteiger partial charge in [-0.05, 0) is 12.1 Å². The molecule has 1 aromatic carbocycles. The van der Waals surface area contributed by atoms with Crippen molar-refractivity contribution in [2.24, 2.45) is 0 Å². The molecule has 0 spiro atoms. The lowest BCUT2D eigenvalue weighted by molar-refractivity contribution is 0.252. The Kier molecular flexibility index (Phi) is 5.95. The van der Waals surface area contributed by atoms with Gasteiger partial charge >= 0.3 is 6.03 Å². The summed E-state index contributed by atoms with van der Waals surface area (Å²) in [5.41, 5.74) is 0.667. The van der Waals surface area contributed by atoms with Crippen molar-refractivity contribution < 1.29 is 13.6 Å². The minimum Gasteiger partial charge on any atom is -0.381 e. The van der Waals surface area contributed by atoms with E-state index in [9.17, 15) is 13.6 Å². The van der Waals surface area contributed by atoms with E-state index >= 15 is 0 Å². The third kappa shape index (κ3) is 4.94. The number of benzene rings is 1. The van der Waals surface area contributed by atoms with E-state index in [2.05, 4.69) is 20.9 Å². The second kappa shape index (κ2) is 7.94. The van der Waals surface area contributed by atoms with Crippen LogP contribution in [0.25, 0.3) is 0 Å². The monoisotopic (exact) mass is 360 g/mol. The summed E-state index contributed by atoms with van der Waals surface area (Å²) in [5.74, 6) is -2.02. The molecule has 0 atom stereocenters. The normalized spacial score (nSPS) is 10.3. The van der Waals surface area contributed by atoms with Crippen LogP contribution in [0.2, 0.25) is 10.0 Å². The molecule has 2 rings (SSSR count). The summed E-state index contributed by atoms with van der Waals surface area (Å²) in [6.07, 6.45) is 2.89. The van der Waals surface area contributed by atoms with E-state index in [0.29, 0.717) is 22.3 Å². The predicted octanol–water partition coefficient (Wildman–Crippen LogP) is 3.90. The Morgan fingerprint density at radius 3 is 2.43 bits per heavy atom. The molecule has 1 heterocycles. The van der Waals surface area contributed by atoms with Gasteiger partial charge in [0.25, 0.3) is 0 Å². The highest BCUT2D eigenvalue weighted by molar-refractivity contribution is 6.38. The Hall–Kier alpha value is -2.12. The van der Waals surface area contributed by atoms with E-state index < -0.39 is 17.7 Å². The van der Waals surface area contributed by atoms with Crippen LogP contribution in [-0.4, -0.2) is 24.1 Å². The standard InChI is InChI=1S/C14H12Cl2F2N4O/c15-9-6-19-7-10(16)13(9)20-3-4-21-14(23)22-8-1-2-11(17)12(18)5-8/h1-2,5-7H,3-4H2,(H,19,20)(H2,21,22,23). The number of urea groups is 1. The Bertz CT molecular complexity index is 695. The summed E-state index contributed by atoms with van der Waals surface area (Å²) in [6, 6.07) is 2.53. The maximum absolute atomic E-state index is 13.0. The fraction of sp³-hybridized carbons (Fsp3) is 0.143. The molecule has 122 valence electrons. The smallest absolute Gasteiger partial charge is 0.319 e. The van der Waals surface area contributed by atoms with Crippen molar-refractivity contribution in [2.75, 3.05) is 23.7 Å². The molecule has 2 amide bonds. The average molecular weight is 361 g/mol. The van der Waals surface area contributed by atoms with E-state index in [-0.39, 0.29) is 12.2 Å². The van der Waals surface area contributed by atoms with E-state index in [0.717, 1.165) is 12.1 Å². The molecule has 0 aliphatic heterocycles. The van der Waals surface area contributed by atoms with E-state index in [1.807, 2.05) is 0 Å². The van der Waals surface area contributed by atoms with Crippen molar-refractivity contribution in [3.63, 3.8) is 0 Å². The number of pyridine rings is 1. The number of amides is 2. The molecule has 0 fully saturated rings. The van der Waals surface area contributed by atoms with Crippen LogP contribution in [-0.2, 0) is 0 Å². The Labute approximate surface area is 141 Å². The molecule has 3 N–H and O–H groups in total. The zero-order valence-corrected chi connectivity index (χ0v) is 13.2. The molecule has 0 bridgehead atoms. The van der Waals surface area contributed by atoms with Gasteiger partial charge in [0.15, 0.2) is 11.6 Å². The zero-order valence-electron chi connectivity index (χ0n) is 11.7. The largest absolute Gasteiger partial charge is 0.381 e. The molecule has 0 aliphatic carbocycles. The van der Waals surface area contributed by atoms with Crippen molar-refractivity contribution >= 4 is 40.6 Å². The highest BCUT2D eigenvalue weighted by atomic mass is 35.5. The van der Waals surface area contributed by atoms with Crippen LogP contribution in [0.1, 0.15) is 0 Å². The lowest BCUT2D eigenvalue weighted by atomic mass is 10.3.